The topological polar surface area (TPSA) is 106 Å². The fourth-order valence-corrected chi connectivity index (χ4v) is 3.77. The molecule has 0 saturated carbocycles. The summed E-state index contributed by atoms with van der Waals surface area (Å²) >= 11 is 6.45. The molecule has 2 heterocycles. The molecule has 2 aromatic rings. The number of carbonyl (C=O) groups is 2. The molecule has 3 rings (SSSR count). The molecule has 1 aromatic heterocycles. The van der Waals surface area contributed by atoms with E-state index in [0.29, 0.717) is 33.6 Å². The van der Waals surface area contributed by atoms with Gasteiger partial charge in [-0.1, -0.05) is 24.0 Å². The van der Waals surface area contributed by atoms with Gasteiger partial charge in [0.05, 0.1) is 16.1 Å². The molecular formula is C18H15N3O5S2. The summed E-state index contributed by atoms with van der Waals surface area (Å²) in [4.78, 5) is 36.6. The quantitative estimate of drug-likeness (QED) is 0.316. The Morgan fingerprint density at radius 3 is 2.71 bits per heavy atom. The Hall–Kier alpha value is -2.98. The number of nitro benzene ring substituents is 1. The number of nitrogens with one attached hydrogen (secondary N) is 1. The van der Waals surface area contributed by atoms with Crippen molar-refractivity contribution in [3.8, 4) is 0 Å². The van der Waals surface area contributed by atoms with Crippen LogP contribution in [0, 0.1) is 10.1 Å². The third-order valence-electron chi connectivity index (χ3n) is 3.84. The summed E-state index contributed by atoms with van der Waals surface area (Å²) in [6.07, 6.45) is 3.78. The first kappa shape index (κ1) is 19.8. The summed E-state index contributed by atoms with van der Waals surface area (Å²) in [5.74, 6) is 0.121. The number of thioether (sulfide) groups is 1. The van der Waals surface area contributed by atoms with Gasteiger partial charge in [-0.3, -0.25) is 24.6 Å². The van der Waals surface area contributed by atoms with Crippen LogP contribution in [-0.4, -0.2) is 32.5 Å². The first-order chi connectivity index (χ1) is 13.4. The third kappa shape index (κ3) is 4.84. The first-order valence-corrected chi connectivity index (χ1v) is 9.50. The van der Waals surface area contributed by atoms with Crippen LogP contribution in [0.25, 0.3) is 6.08 Å². The van der Waals surface area contributed by atoms with Gasteiger partial charge in [0.25, 0.3) is 11.6 Å². The summed E-state index contributed by atoms with van der Waals surface area (Å²) in [7, 11) is 0. The van der Waals surface area contributed by atoms with E-state index < -0.39 is 4.92 Å². The first-order valence-electron chi connectivity index (χ1n) is 8.27. The van der Waals surface area contributed by atoms with Crippen molar-refractivity contribution in [1.82, 2.24) is 4.90 Å². The molecule has 144 valence electrons. The van der Waals surface area contributed by atoms with E-state index in [1.54, 1.807) is 18.2 Å². The summed E-state index contributed by atoms with van der Waals surface area (Å²) in [6.45, 7) is 0.327. The zero-order valence-corrected chi connectivity index (χ0v) is 16.1. The number of carbonyl (C=O) groups excluding carboxylic acids is 2. The van der Waals surface area contributed by atoms with E-state index in [2.05, 4.69) is 5.32 Å². The molecule has 2 amide bonds. The average Bonchev–Trinajstić information content (AvgIpc) is 3.26. The Balaban J connectivity index is 1.49. The van der Waals surface area contributed by atoms with Crippen molar-refractivity contribution in [3.05, 3.63) is 63.4 Å². The van der Waals surface area contributed by atoms with Crippen molar-refractivity contribution in [2.75, 3.05) is 11.9 Å². The Morgan fingerprint density at radius 2 is 2.07 bits per heavy atom. The number of anilines is 1. The van der Waals surface area contributed by atoms with Crippen LogP contribution in [0.4, 0.5) is 11.4 Å². The lowest BCUT2D eigenvalue weighted by molar-refractivity contribution is -0.384. The molecular weight excluding hydrogens is 402 g/mol. The molecule has 28 heavy (non-hydrogen) atoms. The van der Waals surface area contributed by atoms with Crippen LogP contribution >= 0.6 is 24.0 Å². The molecule has 1 aliphatic rings. The molecule has 1 aromatic carbocycles. The molecule has 0 bridgehead atoms. The highest BCUT2D eigenvalue weighted by atomic mass is 32.2. The lowest BCUT2D eigenvalue weighted by atomic mass is 10.2. The van der Waals surface area contributed by atoms with Gasteiger partial charge in [-0.25, -0.2) is 0 Å². The monoisotopic (exact) mass is 417 g/mol. The zero-order valence-electron chi connectivity index (χ0n) is 14.5. The maximum absolute atomic E-state index is 12.4. The van der Waals surface area contributed by atoms with Gasteiger partial charge in [-0.2, -0.15) is 0 Å². The van der Waals surface area contributed by atoms with Crippen LogP contribution in [0.2, 0.25) is 0 Å². The van der Waals surface area contributed by atoms with Crippen molar-refractivity contribution < 1.29 is 18.9 Å². The van der Waals surface area contributed by atoms with Crippen molar-refractivity contribution in [1.29, 1.82) is 0 Å². The fourth-order valence-electron chi connectivity index (χ4n) is 2.48. The fraction of sp³-hybridized carbons (Fsp3) is 0.167. The summed E-state index contributed by atoms with van der Waals surface area (Å²) in [5, 5.41) is 13.3. The summed E-state index contributed by atoms with van der Waals surface area (Å²) in [6, 6.07) is 9.06. The van der Waals surface area contributed by atoms with Gasteiger partial charge in [0.1, 0.15) is 10.1 Å². The Morgan fingerprint density at radius 1 is 1.32 bits per heavy atom. The second-order valence-electron chi connectivity index (χ2n) is 5.80. The van der Waals surface area contributed by atoms with Crippen LogP contribution in [-0.2, 0) is 9.59 Å². The lowest BCUT2D eigenvalue weighted by Crippen LogP contribution is -2.29. The number of non-ortho nitro benzene ring substituents is 1. The Labute approximate surface area is 169 Å². The molecule has 10 heteroatoms. The van der Waals surface area contributed by atoms with Crippen LogP contribution in [0.15, 0.2) is 52.0 Å². The van der Waals surface area contributed by atoms with Gasteiger partial charge in [-0.15, -0.1) is 0 Å². The number of rotatable bonds is 7. The van der Waals surface area contributed by atoms with Gasteiger partial charge in [0, 0.05) is 36.9 Å². The number of hydrogen-bond donors (Lipinski definition) is 1. The average molecular weight is 417 g/mol. The second kappa shape index (κ2) is 8.81. The molecule has 0 aliphatic carbocycles. The lowest BCUT2D eigenvalue weighted by Gasteiger charge is -2.14. The number of thiocarbonyl (C=S) groups is 1. The highest BCUT2D eigenvalue weighted by Gasteiger charge is 2.31. The van der Waals surface area contributed by atoms with E-state index in [-0.39, 0.29) is 23.9 Å². The third-order valence-corrected chi connectivity index (χ3v) is 5.22. The highest BCUT2D eigenvalue weighted by molar-refractivity contribution is 8.26. The van der Waals surface area contributed by atoms with Crippen LogP contribution in [0.3, 0.4) is 0 Å². The van der Waals surface area contributed by atoms with Crippen molar-refractivity contribution in [2.24, 2.45) is 0 Å². The van der Waals surface area contributed by atoms with E-state index in [9.17, 15) is 19.7 Å². The normalized spacial score (nSPS) is 15.3. The molecule has 1 aliphatic heterocycles. The summed E-state index contributed by atoms with van der Waals surface area (Å²) < 4.78 is 5.65. The van der Waals surface area contributed by atoms with Crippen LogP contribution < -0.4 is 5.32 Å². The number of amides is 2. The number of nitrogens with zero attached hydrogens (tertiary/aromatic N) is 2. The minimum atomic E-state index is -0.506. The molecule has 0 unspecified atom stereocenters. The van der Waals surface area contributed by atoms with E-state index in [0.717, 1.165) is 0 Å². The number of furan rings is 1. The predicted octanol–water partition coefficient (Wildman–Crippen LogP) is 3.81. The second-order valence-corrected chi connectivity index (χ2v) is 7.48. The molecule has 8 nitrogen and oxygen atoms in total. The number of benzene rings is 1. The van der Waals surface area contributed by atoms with Crippen LogP contribution in [0.1, 0.15) is 18.6 Å². The van der Waals surface area contributed by atoms with Gasteiger partial charge < -0.3 is 9.73 Å². The number of nitro groups is 1. The van der Waals surface area contributed by atoms with Gasteiger partial charge >= 0.3 is 0 Å². The highest BCUT2D eigenvalue weighted by Crippen LogP contribution is 2.32. The van der Waals surface area contributed by atoms with Gasteiger partial charge in [0.15, 0.2) is 0 Å². The number of hydrogen-bond acceptors (Lipinski definition) is 7. The van der Waals surface area contributed by atoms with Gasteiger partial charge in [-0.05, 0) is 30.7 Å². The molecule has 1 fully saturated rings. The van der Waals surface area contributed by atoms with E-state index in [1.807, 2.05) is 0 Å². The van der Waals surface area contributed by atoms with Crippen LogP contribution in [0.5, 0.6) is 0 Å². The van der Waals surface area contributed by atoms with E-state index in [1.165, 1.54) is 47.2 Å². The molecule has 1 N–H and O–H groups in total. The standard InChI is InChI=1S/C18H15N3O5S2/c22-16(19-12-5-7-13(8-6-12)21(24)25)4-1-9-20-17(23)15(28-18(20)27)11-14-3-2-10-26-14/h2-3,5-8,10-11H,1,4,9H2,(H,19,22)/b15-11-. The van der Waals surface area contributed by atoms with Crippen molar-refractivity contribution in [2.45, 2.75) is 12.8 Å². The predicted molar refractivity (Wildman–Crippen MR) is 110 cm³/mol. The minimum absolute atomic E-state index is 0.0463. The molecule has 1 saturated heterocycles. The Bertz CT molecular complexity index is 939. The maximum atomic E-state index is 12.4. The zero-order chi connectivity index (χ0) is 20.1. The van der Waals surface area contributed by atoms with E-state index >= 15 is 0 Å². The SMILES string of the molecule is O=C(CCCN1C(=O)/C(=C/c2ccco2)SC1=S)Nc1ccc([N+](=O)[O-])cc1. The molecule has 0 radical (unpaired) electrons. The van der Waals surface area contributed by atoms with Gasteiger partial charge in [0.2, 0.25) is 5.91 Å². The Kier molecular flexibility index (Phi) is 6.22. The summed E-state index contributed by atoms with van der Waals surface area (Å²) in [5.41, 5.74) is 0.428. The van der Waals surface area contributed by atoms with E-state index in [4.69, 9.17) is 16.6 Å². The molecule has 0 atom stereocenters. The maximum Gasteiger partial charge on any atom is 0.269 e. The smallest absolute Gasteiger partial charge is 0.269 e. The largest absolute Gasteiger partial charge is 0.465 e. The van der Waals surface area contributed by atoms with Crippen molar-refractivity contribution >= 4 is 57.6 Å². The van der Waals surface area contributed by atoms with Crippen molar-refractivity contribution in [3.63, 3.8) is 0 Å². The minimum Gasteiger partial charge on any atom is -0.465 e. The molecule has 0 spiro atoms.